The summed E-state index contributed by atoms with van der Waals surface area (Å²) < 4.78 is 5.73. The van der Waals surface area contributed by atoms with Gasteiger partial charge in [-0.15, -0.1) is 0 Å². The van der Waals surface area contributed by atoms with Crippen molar-refractivity contribution in [1.82, 2.24) is 4.90 Å². The van der Waals surface area contributed by atoms with Crippen LogP contribution in [0.5, 0.6) is 0 Å². The van der Waals surface area contributed by atoms with Crippen molar-refractivity contribution in [2.45, 2.75) is 50.9 Å². The van der Waals surface area contributed by atoms with Gasteiger partial charge in [0.1, 0.15) is 0 Å². The lowest BCUT2D eigenvalue weighted by molar-refractivity contribution is 0.0370. The van der Waals surface area contributed by atoms with Gasteiger partial charge in [-0.25, -0.2) is 0 Å². The molecule has 0 bridgehead atoms. The highest BCUT2D eigenvalue weighted by molar-refractivity contribution is 5.99. The van der Waals surface area contributed by atoms with Crippen LogP contribution in [0.2, 0.25) is 0 Å². The third-order valence-corrected chi connectivity index (χ3v) is 7.17. The third kappa shape index (κ3) is 4.06. The number of rotatable bonds is 5. The van der Waals surface area contributed by atoms with Crippen molar-refractivity contribution >= 4 is 11.6 Å². The SMILES string of the molecule is CC1CCN(c2cc(C3(CN4CCCC4)CCOCC3)ccc2C(N)=O)CC1. The number of nitrogens with two attached hydrogens (primary N) is 1. The highest BCUT2D eigenvalue weighted by Gasteiger charge is 2.37. The number of piperidine rings is 1. The number of carbonyl (C=O) groups excluding carboxylic acids is 1. The molecule has 3 fully saturated rings. The van der Waals surface area contributed by atoms with Crippen molar-refractivity contribution in [3.05, 3.63) is 29.3 Å². The van der Waals surface area contributed by atoms with Crippen LogP contribution in [0.15, 0.2) is 18.2 Å². The molecule has 1 aromatic rings. The number of hydrogen-bond donors (Lipinski definition) is 1. The van der Waals surface area contributed by atoms with Crippen molar-refractivity contribution in [1.29, 1.82) is 0 Å². The lowest BCUT2D eigenvalue weighted by Gasteiger charge is -2.41. The second-order valence-corrected chi connectivity index (χ2v) is 9.14. The van der Waals surface area contributed by atoms with E-state index in [4.69, 9.17) is 10.5 Å². The largest absolute Gasteiger partial charge is 0.381 e. The van der Waals surface area contributed by atoms with E-state index in [0.717, 1.165) is 57.3 Å². The molecule has 4 rings (SSSR count). The van der Waals surface area contributed by atoms with E-state index in [1.165, 1.54) is 44.3 Å². The topological polar surface area (TPSA) is 58.8 Å². The van der Waals surface area contributed by atoms with Crippen LogP contribution in [-0.2, 0) is 10.2 Å². The first-order valence-corrected chi connectivity index (χ1v) is 11.1. The smallest absolute Gasteiger partial charge is 0.250 e. The monoisotopic (exact) mass is 385 g/mol. The van der Waals surface area contributed by atoms with Gasteiger partial charge in [0.2, 0.25) is 0 Å². The summed E-state index contributed by atoms with van der Waals surface area (Å²) in [5.41, 5.74) is 8.95. The second-order valence-electron chi connectivity index (χ2n) is 9.14. The van der Waals surface area contributed by atoms with E-state index in [-0.39, 0.29) is 11.3 Å². The van der Waals surface area contributed by atoms with Crippen LogP contribution >= 0.6 is 0 Å². The molecule has 0 saturated carbocycles. The van der Waals surface area contributed by atoms with Crippen LogP contribution in [-0.4, -0.2) is 56.7 Å². The zero-order valence-corrected chi connectivity index (χ0v) is 17.3. The van der Waals surface area contributed by atoms with Gasteiger partial charge in [0.05, 0.1) is 5.56 Å². The van der Waals surface area contributed by atoms with E-state index in [1.807, 2.05) is 6.07 Å². The van der Waals surface area contributed by atoms with E-state index in [9.17, 15) is 4.79 Å². The third-order valence-electron chi connectivity index (χ3n) is 7.17. The summed E-state index contributed by atoms with van der Waals surface area (Å²) in [5.74, 6) is 0.439. The fraction of sp³-hybridized carbons (Fsp3) is 0.696. The molecular weight excluding hydrogens is 350 g/mol. The van der Waals surface area contributed by atoms with Crippen LogP contribution in [0.4, 0.5) is 5.69 Å². The summed E-state index contributed by atoms with van der Waals surface area (Å²) in [6.07, 6.45) is 7.07. The Balaban J connectivity index is 1.68. The summed E-state index contributed by atoms with van der Waals surface area (Å²) in [7, 11) is 0. The molecule has 154 valence electrons. The van der Waals surface area contributed by atoms with Crippen LogP contribution in [0.3, 0.4) is 0 Å². The van der Waals surface area contributed by atoms with E-state index in [2.05, 4.69) is 28.9 Å². The van der Waals surface area contributed by atoms with Crippen LogP contribution in [0, 0.1) is 5.92 Å². The maximum Gasteiger partial charge on any atom is 0.250 e. The van der Waals surface area contributed by atoms with Crippen molar-refractivity contribution in [3.8, 4) is 0 Å². The van der Waals surface area contributed by atoms with Crippen LogP contribution in [0.1, 0.15) is 61.4 Å². The fourth-order valence-corrected chi connectivity index (χ4v) is 5.25. The van der Waals surface area contributed by atoms with Crippen LogP contribution in [0.25, 0.3) is 0 Å². The normalized spacial score (nSPS) is 23.8. The predicted molar refractivity (Wildman–Crippen MR) is 113 cm³/mol. The Morgan fingerprint density at radius 2 is 1.82 bits per heavy atom. The van der Waals surface area contributed by atoms with Gasteiger partial charge in [-0.3, -0.25) is 4.79 Å². The Morgan fingerprint density at radius 3 is 2.46 bits per heavy atom. The first-order chi connectivity index (χ1) is 13.6. The maximum absolute atomic E-state index is 12.1. The highest BCUT2D eigenvalue weighted by atomic mass is 16.5. The molecule has 3 aliphatic rings. The molecule has 0 aliphatic carbocycles. The average molecular weight is 386 g/mol. The summed E-state index contributed by atoms with van der Waals surface area (Å²) in [6, 6.07) is 6.43. The van der Waals surface area contributed by atoms with Crippen molar-refractivity contribution in [3.63, 3.8) is 0 Å². The molecule has 1 aromatic carbocycles. The summed E-state index contributed by atoms with van der Waals surface area (Å²) >= 11 is 0. The van der Waals surface area contributed by atoms with Gasteiger partial charge in [-0.2, -0.15) is 0 Å². The lowest BCUT2D eigenvalue weighted by Crippen LogP contribution is -2.44. The Kier molecular flexibility index (Phi) is 5.93. The van der Waals surface area contributed by atoms with E-state index in [1.54, 1.807) is 0 Å². The molecule has 1 amide bonds. The molecule has 5 heteroatoms. The van der Waals surface area contributed by atoms with Gasteiger partial charge < -0.3 is 20.3 Å². The van der Waals surface area contributed by atoms with E-state index < -0.39 is 0 Å². The van der Waals surface area contributed by atoms with Gasteiger partial charge in [-0.1, -0.05) is 13.0 Å². The molecule has 0 unspecified atom stereocenters. The number of likely N-dealkylation sites (tertiary alicyclic amines) is 1. The first kappa shape index (κ1) is 19.7. The molecule has 0 aromatic heterocycles. The number of anilines is 1. The van der Waals surface area contributed by atoms with Crippen molar-refractivity contribution in [2.75, 3.05) is 50.8 Å². The van der Waals surface area contributed by atoms with E-state index >= 15 is 0 Å². The fourth-order valence-electron chi connectivity index (χ4n) is 5.25. The zero-order chi connectivity index (χ0) is 19.6. The molecule has 0 spiro atoms. The Labute approximate surface area is 169 Å². The number of hydrogen-bond acceptors (Lipinski definition) is 4. The van der Waals surface area contributed by atoms with E-state index in [0.29, 0.717) is 5.56 Å². The van der Waals surface area contributed by atoms with Crippen molar-refractivity contribution in [2.24, 2.45) is 11.7 Å². The average Bonchev–Trinajstić information content (AvgIpc) is 3.21. The van der Waals surface area contributed by atoms with Gasteiger partial charge in [0, 0.05) is 44.0 Å². The quantitative estimate of drug-likeness (QED) is 0.846. The molecule has 3 heterocycles. The summed E-state index contributed by atoms with van der Waals surface area (Å²) in [4.78, 5) is 17.1. The molecule has 3 aliphatic heterocycles. The van der Waals surface area contributed by atoms with Crippen molar-refractivity contribution < 1.29 is 9.53 Å². The molecule has 0 radical (unpaired) electrons. The van der Waals surface area contributed by atoms with Gasteiger partial charge in [0.25, 0.3) is 5.91 Å². The predicted octanol–water partition coefficient (Wildman–Crippen LogP) is 3.17. The minimum atomic E-state index is -0.319. The minimum absolute atomic E-state index is 0.122. The van der Waals surface area contributed by atoms with Gasteiger partial charge >= 0.3 is 0 Å². The number of ether oxygens (including phenoxy) is 1. The summed E-state index contributed by atoms with van der Waals surface area (Å²) in [5, 5.41) is 0. The standard InChI is InChI=1S/C23H35N3O2/c1-18-6-12-26(13-7-18)21-16-19(4-5-20(21)22(24)27)23(8-14-28-15-9-23)17-25-10-2-3-11-25/h4-5,16,18H,2-3,6-15,17H2,1H3,(H2,24,27). The molecule has 0 atom stereocenters. The maximum atomic E-state index is 12.1. The molecule has 28 heavy (non-hydrogen) atoms. The summed E-state index contributed by atoms with van der Waals surface area (Å²) in [6.45, 7) is 9.49. The number of amides is 1. The minimum Gasteiger partial charge on any atom is -0.381 e. The molecule has 2 N–H and O–H groups in total. The zero-order valence-electron chi connectivity index (χ0n) is 17.3. The van der Waals surface area contributed by atoms with Crippen LogP contribution < -0.4 is 10.6 Å². The molecule has 5 nitrogen and oxygen atoms in total. The first-order valence-electron chi connectivity index (χ1n) is 11.1. The van der Waals surface area contributed by atoms with Gasteiger partial charge in [-0.05, 0) is 75.2 Å². The van der Waals surface area contributed by atoms with Gasteiger partial charge in [0.15, 0.2) is 0 Å². The Morgan fingerprint density at radius 1 is 1.14 bits per heavy atom. The molecule has 3 saturated heterocycles. The highest BCUT2D eigenvalue weighted by Crippen LogP contribution is 2.39. The Bertz CT molecular complexity index is 685. The Hall–Kier alpha value is -1.59. The lowest BCUT2D eigenvalue weighted by atomic mass is 9.73. The molecular formula is C23H35N3O2. The second kappa shape index (κ2) is 8.42. The number of primary amides is 1. The number of benzene rings is 1. The number of nitrogens with zero attached hydrogens (tertiary/aromatic N) is 2. The number of carbonyl (C=O) groups is 1.